The normalized spacial score (nSPS) is 17.4. The molecule has 4 N–H and O–H groups in total. The number of ether oxygens (including phenoxy) is 3. The van der Waals surface area contributed by atoms with E-state index in [0.717, 1.165) is 39.4 Å². The lowest BCUT2D eigenvalue weighted by atomic mass is 9.85. The molecule has 1 aromatic heterocycles. The van der Waals surface area contributed by atoms with Crippen LogP contribution in [-0.2, 0) is 41.4 Å². The summed E-state index contributed by atoms with van der Waals surface area (Å²) in [6, 6.07) is 17.3. The van der Waals surface area contributed by atoms with Crippen LogP contribution in [0.25, 0.3) is 11.1 Å². The van der Waals surface area contributed by atoms with Crippen molar-refractivity contribution in [2.24, 2.45) is 5.41 Å². The number of hydrogen-bond acceptors (Lipinski definition) is 11. The summed E-state index contributed by atoms with van der Waals surface area (Å²) in [5, 5.41) is 32.4. The number of aliphatic hydroxyl groups excluding tert-OH is 1. The van der Waals surface area contributed by atoms with Gasteiger partial charge in [0.2, 0.25) is 17.7 Å². The topological polar surface area (TPSA) is 202 Å². The second-order valence-electron chi connectivity index (χ2n) is 18.8. The van der Waals surface area contributed by atoms with E-state index in [4.69, 9.17) is 26.4 Å². The average molecular weight is 989 g/mol. The summed E-state index contributed by atoms with van der Waals surface area (Å²) in [6.07, 6.45) is -1.88. The smallest absolute Gasteiger partial charge is 0.417 e. The van der Waals surface area contributed by atoms with Gasteiger partial charge < -0.3 is 39.8 Å². The van der Waals surface area contributed by atoms with Crippen molar-refractivity contribution in [3.05, 3.63) is 95.3 Å². The Morgan fingerprint density at radius 1 is 0.971 bits per heavy atom. The Morgan fingerprint density at radius 2 is 1.63 bits per heavy atom. The van der Waals surface area contributed by atoms with Gasteiger partial charge in [-0.2, -0.15) is 23.5 Å². The lowest BCUT2D eigenvalue weighted by molar-refractivity contribution is -0.144. The van der Waals surface area contributed by atoms with E-state index in [2.05, 4.69) is 20.8 Å². The number of amides is 4. The molecule has 2 fully saturated rings. The van der Waals surface area contributed by atoms with Crippen molar-refractivity contribution in [2.75, 3.05) is 49.4 Å². The Bertz CT molecular complexity index is 2560. The summed E-state index contributed by atoms with van der Waals surface area (Å²) in [4.78, 5) is 57.8. The fraction of sp³-hybridized carbons (Fsp3) is 0.460. The molecule has 20 heteroatoms. The highest BCUT2D eigenvalue weighted by molar-refractivity contribution is 7.81. The highest BCUT2D eigenvalue weighted by Gasteiger charge is 2.51. The van der Waals surface area contributed by atoms with Crippen LogP contribution in [0.1, 0.15) is 82.7 Å². The predicted octanol–water partition coefficient (Wildman–Crippen LogP) is 6.58. The summed E-state index contributed by atoms with van der Waals surface area (Å²) in [5.41, 5.74) is 0.494. The largest absolute Gasteiger partial charge is 0.494 e. The molecule has 374 valence electrons. The number of aromatic nitrogens is 2. The number of carbonyl (C=O) groups is 4. The van der Waals surface area contributed by atoms with Crippen molar-refractivity contribution < 1.29 is 51.7 Å². The number of aromatic amines is 1. The minimum Gasteiger partial charge on any atom is -0.494 e. The van der Waals surface area contributed by atoms with Crippen molar-refractivity contribution in [3.8, 4) is 22.9 Å². The minimum atomic E-state index is -4.80. The van der Waals surface area contributed by atoms with Gasteiger partial charge in [0.25, 0.3) is 5.91 Å². The van der Waals surface area contributed by atoms with Gasteiger partial charge in [-0.1, -0.05) is 45.0 Å². The number of benzene rings is 3. The number of anilines is 2. The molecule has 0 aliphatic carbocycles. The Labute approximate surface area is 410 Å². The number of likely N-dealkylation sites (tertiary alicyclic amines) is 1. The van der Waals surface area contributed by atoms with E-state index >= 15 is 0 Å². The molecule has 6 rings (SSSR count). The van der Waals surface area contributed by atoms with Crippen molar-refractivity contribution in [3.63, 3.8) is 0 Å². The first-order valence-corrected chi connectivity index (χ1v) is 23.4. The number of hydrogen-bond donors (Lipinski definition) is 4. The molecule has 4 aromatic rings. The van der Waals surface area contributed by atoms with Gasteiger partial charge >= 0.3 is 6.18 Å². The van der Waals surface area contributed by atoms with Crippen LogP contribution >= 0.6 is 12.2 Å². The van der Waals surface area contributed by atoms with E-state index in [1.165, 1.54) is 11.0 Å². The van der Waals surface area contributed by atoms with Crippen molar-refractivity contribution in [1.82, 2.24) is 25.7 Å². The van der Waals surface area contributed by atoms with Crippen LogP contribution < -0.4 is 25.2 Å². The predicted molar refractivity (Wildman–Crippen MR) is 258 cm³/mol. The van der Waals surface area contributed by atoms with Gasteiger partial charge in [0.1, 0.15) is 30.0 Å². The van der Waals surface area contributed by atoms with Crippen molar-refractivity contribution in [2.45, 2.75) is 104 Å². The maximum absolute atomic E-state index is 13.9. The average Bonchev–Trinajstić information content (AvgIpc) is 3.98. The molecule has 3 heterocycles. The molecule has 16 nitrogen and oxygen atoms in total. The van der Waals surface area contributed by atoms with Gasteiger partial charge in [-0.15, -0.1) is 0 Å². The quantitative estimate of drug-likeness (QED) is 0.0548. The number of thiocarbonyl (C=S) groups is 1. The number of nitrogens with zero attached hydrogens (tertiary/aromatic N) is 5. The maximum atomic E-state index is 13.9. The van der Waals surface area contributed by atoms with Gasteiger partial charge in [-0.3, -0.25) is 29.2 Å². The third-order valence-corrected chi connectivity index (χ3v) is 12.4. The number of rotatable bonds is 20. The first-order chi connectivity index (χ1) is 33.1. The molecule has 70 heavy (non-hydrogen) atoms. The van der Waals surface area contributed by atoms with Crippen molar-refractivity contribution in [1.29, 1.82) is 5.26 Å². The van der Waals surface area contributed by atoms with E-state index in [9.17, 15) is 42.7 Å². The standard InChI is InChI=1S/C50H59F3N8O8S/c1-31-39(28-56-58-31)33-12-10-32(11-13-33)27-55-44(64)41-25-37(62)29-59(41)45(65)43(48(2,3)4)57-42(63)30-68-22-9-21-67-20-7-8-23-69-38-18-16-35(17-19-38)61-47(70)60(46(66)49(61,5)6)36-15-14-34(26-54)40(24-36)50(51,52)53/h10-19,24,28,37,41,43,62H,7-9,20-23,25,27,29-30H2,1-6H3,(H,55,64)(H,56,58)(H,57,63)/t37-,41+,43?/m1/s1. The number of halogens is 3. The molecule has 0 spiro atoms. The number of H-pyrrole nitrogens is 1. The minimum absolute atomic E-state index is 0.00746. The number of nitrogens with one attached hydrogen (secondary N) is 3. The lowest BCUT2D eigenvalue weighted by Gasteiger charge is -2.35. The van der Waals surface area contributed by atoms with E-state index in [0.29, 0.717) is 50.5 Å². The molecule has 0 saturated carbocycles. The third-order valence-electron chi connectivity index (χ3n) is 12.1. The number of aryl methyl sites for hydroxylation is 1. The van der Waals surface area contributed by atoms with E-state index in [-0.39, 0.29) is 43.5 Å². The third kappa shape index (κ3) is 12.7. The highest BCUT2D eigenvalue weighted by atomic mass is 32.1. The zero-order chi connectivity index (χ0) is 51.0. The number of nitriles is 1. The fourth-order valence-electron chi connectivity index (χ4n) is 8.26. The number of β-amino-alcohol motifs (C(OH)–C–C–N with tert-alkyl or cyclic N) is 1. The van der Waals surface area contributed by atoms with Crippen LogP contribution in [0.15, 0.2) is 72.9 Å². The Balaban J connectivity index is 0.867. The SMILES string of the molecule is Cc1n[nH]cc1-c1ccc(CNC(=O)[C@@H]2C[C@@H](O)CN2C(=O)C(NC(=O)COCCCOCCCCOc2ccc(N3C(=S)N(c4ccc(C#N)c(C(F)(F)F)c4)C(=O)C3(C)C)cc2)C(C)(C)C)cc1. The monoisotopic (exact) mass is 988 g/mol. The van der Waals surface area contributed by atoms with Gasteiger partial charge in [-0.25, -0.2) is 0 Å². The van der Waals surface area contributed by atoms with E-state index < -0.39 is 70.1 Å². The van der Waals surface area contributed by atoms with Crippen molar-refractivity contribution >= 4 is 52.3 Å². The molecule has 0 radical (unpaired) electrons. The second kappa shape index (κ2) is 22.6. The van der Waals surface area contributed by atoms with Crippen LogP contribution in [0, 0.1) is 23.7 Å². The van der Waals surface area contributed by atoms with Crippen LogP contribution in [0.2, 0.25) is 0 Å². The zero-order valence-corrected chi connectivity index (χ0v) is 40.8. The van der Waals surface area contributed by atoms with Gasteiger partial charge in [-0.05, 0) is 111 Å². The highest BCUT2D eigenvalue weighted by Crippen LogP contribution is 2.40. The van der Waals surface area contributed by atoms with Gasteiger partial charge in [0.05, 0.1) is 41.3 Å². The molecular weight excluding hydrogens is 930 g/mol. The summed E-state index contributed by atoms with van der Waals surface area (Å²) in [5.74, 6) is -1.31. The summed E-state index contributed by atoms with van der Waals surface area (Å²) in [6.45, 7) is 12.0. The van der Waals surface area contributed by atoms with Crippen LogP contribution in [0.3, 0.4) is 0 Å². The lowest BCUT2D eigenvalue weighted by Crippen LogP contribution is -2.58. The van der Waals surface area contributed by atoms with E-state index in [1.54, 1.807) is 49.1 Å². The molecular formula is C50H59F3N8O8S. The molecule has 4 amide bonds. The maximum Gasteiger partial charge on any atom is 0.417 e. The molecule has 1 unspecified atom stereocenters. The number of carbonyl (C=O) groups excluding carboxylic acids is 4. The Hall–Kier alpha value is -6.40. The number of alkyl halides is 3. The first kappa shape index (κ1) is 53.0. The molecule has 2 saturated heterocycles. The Kier molecular flexibility index (Phi) is 17.1. The molecule has 2 aliphatic heterocycles. The summed E-state index contributed by atoms with van der Waals surface area (Å²) < 4.78 is 58.3. The summed E-state index contributed by atoms with van der Waals surface area (Å²) >= 11 is 5.62. The molecule has 2 aliphatic rings. The van der Waals surface area contributed by atoms with Gasteiger partial charge in [0, 0.05) is 56.8 Å². The van der Waals surface area contributed by atoms with Crippen LogP contribution in [0.5, 0.6) is 5.75 Å². The fourth-order valence-corrected chi connectivity index (χ4v) is 8.78. The molecule has 0 bridgehead atoms. The zero-order valence-electron chi connectivity index (χ0n) is 40.0. The number of aliphatic hydroxyl groups is 1. The Morgan fingerprint density at radius 3 is 2.27 bits per heavy atom. The van der Waals surface area contributed by atoms with E-state index in [1.807, 2.05) is 58.2 Å². The van der Waals surface area contributed by atoms with Crippen LogP contribution in [-0.4, -0.2) is 112 Å². The molecule has 3 aromatic carbocycles. The van der Waals surface area contributed by atoms with Gasteiger partial charge in [0.15, 0.2) is 5.11 Å². The second-order valence-corrected chi connectivity index (χ2v) is 19.2. The first-order valence-electron chi connectivity index (χ1n) is 23.0. The summed E-state index contributed by atoms with van der Waals surface area (Å²) in [7, 11) is 0. The number of unbranched alkanes of at least 4 members (excludes halogenated alkanes) is 1. The van der Waals surface area contributed by atoms with Crippen LogP contribution in [0.4, 0.5) is 24.5 Å². The molecule has 3 atom stereocenters.